The number of thiazole rings is 1. The van der Waals surface area contributed by atoms with Crippen LogP contribution in [-0.4, -0.2) is 28.2 Å². The van der Waals surface area contributed by atoms with E-state index in [4.69, 9.17) is 0 Å². The molecule has 0 aromatic carbocycles. The van der Waals surface area contributed by atoms with Gasteiger partial charge in [-0.1, -0.05) is 30.6 Å². The van der Waals surface area contributed by atoms with Gasteiger partial charge in [0.25, 0.3) is 0 Å². The molecule has 1 aromatic heterocycles. The van der Waals surface area contributed by atoms with E-state index in [2.05, 4.69) is 10.3 Å². The van der Waals surface area contributed by atoms with Crippen molar-refractivity contribution < 1.29 is 9.59 Å². The molecular formula is C16H23N3O2S. The van der Waals surface area contributed by atoms with Crippen LogP contribution >= 0.6 is 11.3 Å². The van der Waals surface area contributed by atoms with Crippen molar-refractivity contribution in [3.63, 3.8) is 0 Å². The van der Waals surface area contributed by atoms with Gasteiger partial charge in [0.2, 0.25) is 11.8 Å². The van der Waals surface area contributed by atoms with Crippen LogP contribution in [0.4, 0.5) is 5.13 Å². The third kappa shape index (κ3) is 3.66. The van der Waals surface area contributed by atoms with E-state index in [1.165, 1.54) is 50.4 Å². The number of fused-ring (bicyclic) bond motifs is 1. The van der Waals surface area contributed by atoms with E-state index in [0.29, 0.717) is 24.0 Å². The summed E-state index contributed by atoms with van der Waals surface area (Å²) in [4.78, 5) is 31.1. The normalized spacial score (nSPS) is 18.9. The van der Waals surface area contributed by atoms with Crippen LogP contribution in [0.5, 0.6) is 0 Å². The van der Waals surface area contributed by atoms with Gasteiger partial charge in [-0.15, -0.1) is 0 Å². The Morgan fingerprint density at radius 2 is 2.09 bits per heavy atom. The van der Waals surface area contributed by atoms with Crippen LogP contribution in [0, 0.1) is 5.92 Å². The molecule has 1 aromatic rings. The molecule has 0 radical (unpaired) electrons. The summed E-state index contributed by atoms with van der Waals surface area (Å²) in [5, 5.41) is 3.39. The minimum Gasteiger partial charge on any atom is -0.337 e. The highest BCUT2D eigenvalue weighted by atomic mass is 32.1. The van der Waals surface area contributed by atoms with E-state index >= 15 is 0 Å². The van der Waals surface area contributed by atoms with E-state index in [-0.39, 0.29) is 11.8 Å². The lowest BCUT2D eigenvalue weighted by Crippen LogP contribution is -2.36. The minimum absolute atomic E-state index is 0.101. The molecule has 2 amide bonds. The summed E-state index contributed by atoms with van der Waals surface area (Å²) in [6.45, 7) is 2.89. The molecule has 1 aliphatic carbocycles. The fourth-order valence-corrected chi connectivity index (χ4v) is 4.45. The molecule has 3 rings (SSSR count). The Morgan fingerprint density at radius 3 is 2.82 bits per heavy atom. The Morgan fingerprint density at radius 1 is 1.32 bits per heavy atom. The van der Waals surface area contributed by atoms with E-state index < -0.39 is 0 Å². The van der Waals surface area contributed by atoms with Crippen molar-refractivity contribution >= 4 is 28.3 Å². The first-order valence-electron chi connectivity index (χ1n) is 8.16. The molecule has 2 heterocycles. The first-order chi connectivity index (χ1) is 10.6. The van der Waals surface area contributed by atoms with Crippen LogP contribution in [-0.2, 0) is 22.6 Å². The maximum atomic E-state index is 12.5. The maximum absolute atomic E-state index is 12.5. The molecule has 1 N–H and O–H groups in total. The van der Waals surface area contributed by atoms with E-state index in [9.17, 15) is 9.59 Å². The average molecular weight is 321 g/mol. The quantitative estimate of drug-likeness (QED) is 0.931. The van der Waals surface area contributed by atoms with Crippen LogP contribution in [0.15, 0.2) is 0 Å². The highest BCUT2D eigenvalue weighted by molar-refractivity contribution is 7.15. The second-order valence-corrected chi connectivity index (χ2v) is 7.43. The number of amides is 2. The molecule has 2 aliphatic rings. The summed E-state index contributed by atoms with van der Waals surface area (Å²) in [5.41, 5.74) is 1.04. The zero-order valence-electron chi connectivity index (χ0n) is 13.1. The number of carbonyl (C=O) groups is 2. The third-order valence-corrected chi connectivity index (χ3v) is 5.55. The standard InChI is InChI=1S/C16H23N3O2S/c1-11(20)17-16-18-13-7-8-19(10-14(13)22-16)15(21)9-12-5-3-2-4-6-12/h12H,2-10H2,1H3,(H,17,18,20). The van der Waals surface area contributed by atoms with Gasteiger partial charge < -0.3 is 10.2 Å². The van der Waals surface area contributed by atoms with Gasteiger partial charge in [0, 0.05) is 31.2 Å². The molecule has 5 nitrogen and oxygen atoms in total. The number of rotatable bonds is 3. The molecule has 22 heavy (non-hydrogen) atoms. The van der Waals surface area contributed by atoms with E-state index in [1.807, 2.05) is 4.90 Å². The smallest absolute Gasteiger partial charge is 0.223 e. The molecule has 0 saturated heterocycles. The van der Waals surface area contributed by atoms with Crippen LogP contribution in [0.3, 0.4) is 0 Å². The highest BCUT2D eigenvalue weighted by Gasteiger charge is 2.26. The molecule has 1 aliphatic heterocycles. The summed E-state index contributed by atoms with van der Waals surface area (Å²) >= 11 is 1.49. The Kier molecular flexibility index (Phi) is 4.76. The lowest BCUT2D eigenvalue weighted by atomic mass is 9.86. The SMILES string of the molecule is CC(=O)Nc1nc2c(s1)CN(C(=O)CC1CCCCC1)CC2. The van der Waals surface area contributed by atoms with Crippen molar-refractivity contribution in [1.29, 1.82) is 0 Å². The molecule has 0 spiro atoms. The summed E-state index contributed by atoms with van der Waals surface area (Å²) < 4.78 is 0. The van der Waals surface area contributed by atoms with Gasteiger partial charge >= 0.3 is 0 Å². The van der Waals surface area contributed by atoms with Crippen LogP contribution in [0.2, 0.25) is 0 Å². The van der Waals surface area contributed by atoms with E-state index in [1.54, 1.807) is 0 Å². The second-order valence-electron chi connectivity index (χ2n) is 6.34. The van der Waals surface area contributed by atoms with Crippen molar-refractivity contribution in [1.82, 2.24) is 9.88 Å². The molecule has 1 fully saturated rings. The largest absolute Gasteiger partial charge is 0.337 e. The summed E-state index contributed by atoms with van der Waals surface area (Å²) in [6, 6.07) is 0. The number of hydrogen-bond donors (Lipinski definition) is 1. The Hall–Kier alpha value is -1.43. The fourth-order valence-electron chi connectivity index (χ4n) is 3.38. The molecular weight excluding hydrogens is 298 g/mol. The van der Waals surface area contributed by atoms with Gasteiger partial charge in [-0.25, -0.2) is 4.98 Å². The number of nitrogens with zero attached hydrogens (tertiary/aromatic N) is 2. The Labute approximate surface area is 135 Å². The average Bonchev–Trinajstić information content (AvgIpc) is 2.88. The van der Waals surface area contributed by atoms with Gasteiger partial charge in [-0.05, 0) is 18.8 Å². The first kappa shape index (κ1) is 15.5. The number of carbonyl (C=O) groups excluding carboxylic acids is 2. The molecule has 0 unspecified atom stereocenters. The van der Waals surface area contributed by atoms with Gasteiger partial charge in [-0.3, -0.25) is 9.59 Å². The summed E-state index contributed by atoms with van der Waals surface area (Å²) in [5.74, 6) is 0.766. The first-order valence-corrected chi connectivity index (χ1v) is 8.97. The highest BCUT2D eigenvalue weighted by Crippen LogP contribution is 2.30. The minimum atomic E-state index is -0.101. The Balaban J connectivity index is 1.59. The zero-order chi connectivity index (χ0) is 15.5. The predicted molar refractivity (Wildman–Crippen MR) is 86.7 cm³/mol. The fraction of sp³-hybridized carbons (Fsp3) is 0.688. The molecule has 6 heteroatoms. The van der Waals surface area contributed by atoms with Gasteiger partial charge in [-0.2, -0.15) is 0 Å². The van der Waals surface area contributed by atoms with Gasteiger partial charge in [0.15, 0.2) is 5.13 Å². The van der Waals surface area contributed by atoms with E-state index in [0.717, 1.165) is 23.5 Å². The van der Waals surface area contributed by atoms with Crippen molar-refractivity contribution in [3.05, 3.63) is 10.6 Å². The Bertz CT molecular complexity index is 564. The number of aromatic nitrogens is 1. The van der Waals surface area contributed by atoms with Crippen LogP contribution < -0.4 is 5.32 Å². The predicted octanol–water partition coefficient (Wildman–Crippen LogP) is 2.96. The molecule has 120 valence electrons. The van der Waals surface area contributed by atoms with Crippen molar-refractivity contribution in [2.24, 2.45) is 5.92 Å². The second kappa shape index (κ2) is 6.77. The monoisotopic (exact) mass is 321 g/mol. The molecule has 0 atom stereocenters. The lowest BCUT2D eigenvalue weighted by Gasteiger charge is -2.29. The summed E-state index contributed by atoms with van der Waals surface area (Å²) in [7, 11) is 0. The third-order valence-electron chi connectivity index (χ3n) is 4.55. The van der Waals surface area contributed by atoms with Crippen molar-refractivity contribution in [2.45, 2.75) is 58.4 Å². The van der Waals surface area contributed by atoms with Gasteiger partial charge in [0.1, 0.15) is 0 Å². The zero-order valence-corrected chi connectivity index (χ0v) is 13.9. The van der Waals surface area contributed by atoms with Gasteiger partial charge in [0.05, 0.1) is 12.2 Å². The molecule has 1 saturated carbocycles. The number of hydrogen-bond acceptors (Lipinski definition) is 4. The number of anilines is 1. The van der Waals surface area contributed by atoms with Crippen molar-refractivity contribution in [3.8, 4) is 0 Å². The van der Waals surface area contributed by atoms with Crippen LogP contribution in [0.25, 0.3) is 0 Å². The van der Waals surface area contributed by atoms with Crippen LogP contribution in [0.1, 0.15) is 56.0 Å². The topological polar surface area (TPSA) is 62.3 Å². The lowest BCUT2D eigenvalue weighted by molar-refractivity contribution is -0.133. The number of nitrogens with one attached hydrogen (secondary N) is 1. The summed E-state index contributed by atoms with van der Waals surface area (Å²) in [6.07, 6.45) is 7.78. The molecule has 0 bridgehead atoms. The maximum Gasteiger partial charge on any atom is 0.223 e. The van der Waals surface area contributed by atoms with Crippen molar-refractivity contribution in [2.75, 3.05) is 11.9 Å².